The molecule has 1 aliphatic carbocycles. The van der Waals surface area contributed by atoms with Gasteiger partial charge in [-0.05, 0) is 24.6 Å². The lowest BCUT2D eigenvalue weighted by molar-refractivity contribution is 0.122. The maximum Gasteiger partial charge on any atom is 0.347 e. The van der Waals surface area contributed by atoms with Crippen molar-refractivity contribution in [1.29, 1.82) is 0 Å². The first-order chi connectivity index (χ1) is 11.6. The van der Waals surface area contributed by atoms with Gasteiger partial charge < -0.3 is 4.84 Å². The number of nitrogens with one attached hydrogen (secondary N) is 1. The summed E-state index contributed by atoms with van der Waals surface area (Å²) in [5.41, 5.74) is 0.940. The van der Waals surface area contributed by atoms with Gasteiger partial charge in [-0.2, -0.15) is 0 Å². The summed E-state index contributed by atoms with van der Waals surface area (Å²) in [6.45, 7) is 1.88. The fraction of sp³-hybridized carbons (Fsp3) is 0.235. The normalized spacial score (nSPS) is 20.3. The molecule has 2 aromatic rings. The second-order valence-electron chi connectivity index (χ2n) is 5.50. The highest BCUT2D eigenvalue weighted by molar-refractivity contribution is 5.98. The van der Waals surface area contributed by atoms with Gasteiger partial charge in [-0.1, -0.05) is 47.6 Å². The Morgan fingerprint density at radius 2 is 1.79 bits per heavy atom. The van der Waals surface area contributed by atoms with Gasteiger partial charge in [-0.25, -0.2) is 23.9 Å². The number of hydrogen-bond donors (Lipinski definition) is 1. The molecule has 0 radical (unpaired) electrons. The summed E-state index contributed by atoms with van der Waals surface area (Å²) in [5.74, 6) is 0. The van der Waals surface area contributed by atoms with Crippen LogP contribution in [0.25, 0.3) is 0 Å². The van der Waals surface area contributed by atoms with E-state index in [0.29, 0.717) is 0 Å². The van der Waals surface area contributed by atoms with Gasteiger partial charge in [0.15, 0.2) is 6.10 Å². The Balaban J connectivity index is 1.68. The molecule has 1 heterocycles. The average molecular weight is 326 g/mol. The Labute approximate surface area is 138 Å². The van der Waals surface area contributed by atoms with Crippen LogP contribution in [0, 0.1) is 0 Å². The molecule has 1 aromatic carbocycles. The van der Waals surface area contributed by atoms with E-state index in [1.54, 1.807) is 24.3 Å². The first kappa shape index (κ1) is 15.8. The van der Waals surface area contributed by atoms with Crippen LogP contribution in [-0.4, -0.2) is 26.2 Å². The molecule has 1 N–H and O–H groups in total. The highest BCUT2D eigenvalue weighted by Crippen LogP contribution is 2.15. The maximum atomic E-state index is 11.9. The number of aromatic amines is 1. The van der Waals surface area contributed by atoms with Gasteiger partial charge in [0.05, 0.1) is 11.8 Å². The molecule has 124 valence electrons. The van der Waals surface area contributed by atoms with Crippen molar-refractivity contribution in [2.45, 2.75) is 19.1 Å². The zero-order chi connectivity index (χ0) is 17.1. The van der Waals surface area contributed by atoms with Gasteiger partial charge in [-0.3, -0.25) is 0 Å². The van der Waals surface area contributed by atoms with Crippen molar-refractivity contribution in [3.05, 3.63) is 81.2 Å². The van der Waals surface area contributed by atoms with Crippen LogP contribution in [0.3, 0.4) is 0 Å². The van der Waals surface area contributed by atoms with E-state index in [9.17, 15) is 9.59 Å². The summed E-state index contributed by atoms with van der Waals surface area (Å²) in [7, 11) is 1.43. The minimum absolute atomic E-state index is 0.314. The summed E-state index contributed by atoms with van der Waals surface area (Å²) in [5, 5.41) is 6.64. The fourth-order valence-electron chi connectivity index (χ4n) is 2.37. The first-order valence-corrected chi connectivity index (χ1v) is 7.56. The number of rotatable bonds is 4. The number of allylic oxidation sites excluding steroid dienone is 2. The largest absolute Gasteiger partial charge is 0.384 e. The molecule has 0 saturated carbocycles. The van der Waals surface area contributed by atoms with Crippen LogP contribution in [-0.2, 0) is 11.9 Å². The predicted molar refractivity (Wildman–Crippen MR) is 91.1 cm³/mol. The predicted octanol–water partition coefficient (Wildman–Crippen LogP) is 1.35. The molecular formula is C17H18N4O3. The van der Waals surface area contributed by atoms with Crippen molar-refractivity contribution >= 4 is 5.71 Å². The van der Waals surface area contributed by atoms with Gasteiger partial charge >= 0.3 is 11.4 Å². The Morgan fingerprint density at radius 3 is 2.38 bits per heavy atom. The third-order valence-corrected chi connectivity index (χ3v) is 3.81. The topological polar surface area (TPSA) is 81.4 Å². The third kappa shape index (κ3) is 3.15. The molecule has 0 saturated heterocycles. The van der Waals surface area contributed by atoms with Crippen LogP contribution in [0.15, 0.2) is 69.4 Å². The van der Waals surface area contributed by atoms with Crippen LogP contribution < -0.4 is 11.4 Å². The monoisotopic (exact) mass is 326 g/mol. The molecule has 3 rings (SSSR count). The van der Waals surface area contributed by atoms with Crippen molar-refractivity contribution in [2.24, 2.45) is 12.2 Å². The van der Waals surface area contributed by atoms with E-state index in [1.807, 2.05) is 37.3 Å². The fourth-order valence-corrected chi connectivity index (χ4v) is 2.37. The lowest BCUT2D eigenvalue weighted by Gasteiger charge is -2.16. The van der Waals surface area contributed by atoms with Gasteiger partial charge in [0.1, 0.15) is 0 Å². The molecule has 0 atom stereocenters. The molecule has 7 nitrogen and oxygen atoms in total. The molecule has 1 aliphatic rings. The van der Waals surface area contributed by atoms with E-state index in [4.69, 9.17) is 4.84 Å². The summed E-state index contributed by atoms with van der Waals surface area (Å²) >= 11 is 0. The lowest BCUT2D eigenvalue weighted by atomic mass is 10.1. The van der Waals surface area contributed by atoms with Crippen LogP contribution >= 0.6 is 0 Å². The van der Waals surface area contributed by atoms with Crippen LogP contribution in [0.4, 0.5) is 0 Å². The number of nitrogens with zero attached hydrogens (tertiary/aromatic N) is 3. The quantitative estimate of drug-likeness (QED) is 0.523. The van der Waals surface area contributed by atoms with Gasteiger partial charge in [0.2, 0.25) is 0 Å². The Hall–Kier alpha value is -3.09. The Morgan fingerprint density at radius 1 is 1.12 bits per heavy atom. The van der Waals surface area contributed by atoms with Gasteiger partial charge in [0, 0.05) is 7.05 Å². The van der Waals surface area contributed by atoms with Gasteiger partial charge in [-0.15, -0.1) is 0 Å². The van der Waals surface area contributed by atoms with Crippen molar-refractivity contribution in [1.82, 2.24) is 14.3 Å². The van der Waals surface area contributed by atoms with E-state index < -0.39 is 11.4 Å². The molecule has 0 fully saturated rings. The summed E-state index contributed by atoms with van der Waals surface area (Å²) in [4.78, 5) is 28.9. The number of hydrogen-bond acceptors (Lipinski definition) is 4. The standard InChI is InChI=1S/C17H18N4O3/c1-12(13-6-4-3-5-7-13)19-24-15-10-8-14(9-11-15)21-17(23)20(2)16(22)18-21/h3-11,14-15H,1-2H3,(H,18,22)/b19-12+. The first-order valence-electron chi connectivity index (χ1n) is 7.56. The van der Waals surface area contributed by atoms with Crippen LogP contribution in [0.1, 0.15) is 18.5 Å². The van der Waals surface area contributed by atoms with Crippen molar-refractivity contribution < 1.29 is 4.84 Å². The van der Waals surface area contributed by atoms with E-state index >= 15 is 0 Å². The Bertz CT molecular complexity index is 901. The molecule has 1 aromatic heterocycles. The highest BCUT2D eigenvalue weighted by Gasteiger charge is 2.16. The van der Waals surface area contributed by atoms with E-state index in [2.05, 4.69) is 10.3 Å². The SMILES string of the molecule is C/C(=N\OC1C=CC(n2[nH]c(=O)n(C)c2=O)C=C1)c1ccccc1. The lowest BCUT2D eigenvalue weighted by Crippen LogP contribution is -2.28. The Kier molecular flexibility index (Phi) is 4.33. The molecule has 0 unspecified atom stereocenters. The second-order valence-corrected chi connectivity index (χ2v) is 5.50. The van der Waals surface area contributed by atoms with Crippen LogP contribution in [0.2, 0.25) is 0 Å². The summed E-state index contributed by atoms with van der Waals surface area (Å²) in [6, 6.07) is 9.41. The zero-order valence-corrected chi connectivity index (χ0v) is 13.4. The molecular weight excluding hydrogens is 308 g/mol. The minimum atomic E-state index is -0.441. The molecule has 7 heteroatoms. The average Bonchev–Trinajstić information content (AvgIpc) is 2.88. The number of benzene rings is 1. The molecule has 0 amide bonds. The minimum Gasteiger partial charge on any atom is -0.384 e. The summed E-state index contributed by atoms with van der Waals surface area (Å²) in [6.07, 6.45) is 6.85. The van der Waals surface area contributed by atoms with Crippen molar-refractivity contribution in [3.8, 4) is 0 Å². The van der Waals surface area contributed by atoms with Crippen molar-refractivity contribution in [2.75, 3.05) is 0 Å². The summed E-state index contributed by atoms with van der Waals surface area (Å²) < 4.78 is 2.29. The zero-order valence-electron chi connectivity index (χ0n) is 13.4. The van der Waals surface area contributed by atoms with E-state index in [-0.39, 0.29) is 12.1 Å². The number of oxime groups is 1. The van der Waals surface area contributed by atoms with E-state index in [0.717, 1.165) is 15.8 Å². The highest BCUT2D eigenvalue weighted by atomic mass is 16.6. The smallest absolute Gasteiger partial charge is 0.347 e. The second kappa shape index (κ2) is 6.57. The van der Waals surface area contributed by atoms with Crippen LogP contribution in [0.5, 0.6) is 0 Å². The van der Waals surface area contributed by atoms with Crippen molar-refractivity contribution in [3.63, 3.8) is 0 Å². The van der Waals surface area contributed by atoms with E-state index in [1.165, 1.54) is 11.7 Å². The molecule has 0 spiro atoms. The third-order valence-electron chi connectivity index (χ3n) is 3.81. The number of H-pyrrole nitrogens is 1. The number of aromatic nitrogens is 3. The maximum absolute atomic E-state index is 11.9. The molecule has 0 aliphatic heterocycles. The van der Waals surface area contributed by atoms with Gasteiger partial charge in [0.25, 0.3) is 0 Å². The molecule has 0 bridgehead atoms. The molecule has 24 heavy (non-hydrogen) atoms.